The normalized spacial score (nSPS) is 16.9. The van der Waals surface area contributed by atoms with Gasteiger partial charge in [-0.1, -0.05) is 18.2 Å². The fourth-order valence-corrected chi connectivity index (χ4v) is 4.15. The van der Waals surface area contributed by atoms with Gasteiger partial charge in [-0.15, -0.1) is 0 Å². The molecule has 0 radical (unpaired) electrons. The summed E-state index contributed by atoms with van der Waals surface area (Å²) in [6.45, 7) is 5.63. The molecule has 7 nitrogen and oxygen atoms in total. The molecule has 0 aliphatic carbocycles. The number of likely N-dealkylation sites (N-methyl/N-ethyl adjacent to an activating group) is 1. The van der Waals surface area contributed by atoms with Gasteiger partial charge in [-0.05, 0) is 73.6 Å². The first kappa shape index (κ1) is 23.0. The third-order valence-corrected chi connectivity index (χ3v) is 6.09. The topological polar surface area (TPSA) is 81.8 Å². The van der Waals surface area contributed by atoms with Crippen LogP contribution in [-0.2, 0) is 14.4 Å². The highest BCUT2D eigenvalue weighted by molar-refractivity contribution is 9.10. The van der Waals surface area contributed by atoms with Gasteiger partial charge in [0.25, 0.3) is 0 Å². The molecule has 164 valence electrons. The van der Waals surface area contributed by atoms with Crippen LogP contribution in [0.2, 0.25) is 0 Å². The minimum absolute atomic E-state index is 0.0382. The molecule has 3 amide bonds. The quantitative estimate of drug-likeness (QED) is 0.673. The molecular formula is C23H27BrN4O3. The van der Waals surface area contributed by atoms with Gasteiger partial charge in [0.05, 0.1) is 29.6 Å². The van der Waals surface area contributed by atoms with E-state index in [9.17, 15) is 14.4 Å². The lowest BCUT2D eigenvalue weighted by Gasteiger charge is -2.31. The second kappa shape index (κ2) is 9.62. The molecule has 3 rings (SSSR count). The molecular weight excluding hydrogens is 460 g/mol. The Balaban J connectivity index is 1.71. The average molecular weight is 487 g/mol. The van der Waals surface area contributed by atoms with Gasteiger partial charge in [-0.25, -0.2) is 0 Å². The molecule has 1 aliphatic rings. The number of amides is 3. The Hall–Kier alpha value is -2.71. The molecule has 1 aliphatic heterocycles. The highest BCUT2D eigenvalue weighted by Crippen LogP contribution is 2.31. The molecule has 8 heteroatoms. The van der Waals surface area contributed by atoms with Crippen LogP contribution in [0.1, 0.15) is 25.8 Å². The number of halogens is 1. The summed E-state index contributed by atoms with van der Waals surface area (Å²) < 4.78 is 0.805. The van der Waals surface area contributed by atoms with Crippen molar-refractivity contribution >= 4 is 50.7 Å². The molecule has 0 unspecified atom stereocenters. The Labute approximate surface area is 190 Å². The maximum absolute atomic E-state index is 13.2. The van der Waals surface area contributed by atoms with Gasteiger partial charge < -0.3 is 15.5 Å². The molecule has 2 aromatic carbocycles. The Morgan fingerprint density at radius 3 is 2.71 bits per heavy atom. The van der Waals surface area contributed by atoms with Crippen molar-refractivity contribution in [2.24, 2.45) is 0 Å². The van der Waals surface area contributed by atoms with Crippen molar-refractivity contribution in [1.29, 1.82) is 0 Å². The zero-order valence-corrected chi connectivity index (χ0v) is 19.7. The first-order valence-corrected chi connectivity index (χ1v) is 10.9. The van der Waals surface area contributed by atoms with E-state index >= 15 is 0 Å². The number of carbonyl (C=O) groups is 3. The Morgan fingerprint density at radius 1 is 1.29 bits per heavy atom. The highest BCUT2D eigenvalue weighted by Gasteiger charge is 2.31. The Bertz CT molecular complexity index is 1010. The minimum atomic E-state index is -0.533. The van der Waals surface area contributed by atoms with Gasteiger partial charge in [0.2, 0.25) is 17.7 Å². The second-order valence-corrected chi connectivity index (χ2v) is 8.80. The van der Waals surface area contributed by atoms with Crippen LogP contribution in [0.4, 0.5) is 17.1 Å². The van der Waals surface area contributed by atoms with E-state index in [4.69, 9.17) is 0 Å². The van der Waals surface area contributed by atoms with Crippen molar-refractivity contribution < 1.29 is 14.4 Å². The summed E-state index contributed by atoms with van der Waals surface area (Å²) in [5.41, 5.74) is 3.05. The van der Waals surface area contributed by atoms with Gasteiger partial charge in [-0.2, -0.15) is 0 Å². The van der Waals surface area contributed by atoms with Gasteiger partial charge in [0.1, 0.15) is 0 Å². The lowest BCUT2D eigenvalue weighted by molar-refractivity contribution is -0.123. The molecule has 2 aromatic rings. The lowest BCUT2D eigenvalue weighted by Crippen LogP contribution is -2.48. The molecule has 0 aromatic heterocycles. The highest BCUT2D eigenvalue weighted by atomic mass is 79.9. The second-order valence-electron chi connectivity index (χ2n) is 7.95. The third-order valence-electron chi connectivity index (χ3n) is 5.44. The Morgan fingerprint density at radius 2 is 2.00 bits per heavy atom. The van der Waals surface area contributed by atoms with Crippen LogP contribution in [0.3, 0.4) is 0 Å². The average Bonchev–Trinajstić information content (AvgIpc) is 2.83. The van der Waals surface area contributed by atoms with Crippen molar-refractivity contribution in [2.75, 3.05) is 29.1 Å². The number of carbonyl (C=O) groups excluding carboxylic acids is 3. The van der Waals surface area contributed by atoms with Crippen LogP contribution in [0.5, 0.6) is 0 Å². The van der Waals surface area contributed by atoms with Crippen LogP contribution in [-0.4, -0.2) is 48.3 Å². The molecule has 0 saturated heterocycles. The van der Waals surface area contributed by atoms with Crippen molar-refractivity contribution in [1.82, 2.24) is 4.90 Å². The molecule has 0 saturated carbocycles. The number of nitrogens with one attached hydrogen (secondary N) is 2. The maximum atomic E-state index is 13.2. The first-order chi connectivity index (χ1) is 14.7. The van der Waals surface area contributed by atoms with Crippen LogP contribution < -0.4 is 15.5 Å². The fourth-order valence-electron chi connectivity index (χ4n) is 3.55. The third kappa shape index (κ3) is 5.32. The van der Waals surface area contributed by atoms with Gasteiger partial charge in [0.15, 0.2) is 0 Å². The molecule has 2 N–H and O–H groups in total. The summed E-state index contributed by atoms with van der Waals surface area (Å²) in [7, 11) is 1.74. The summed E-state index contributed by atoms with van der Waals surface area (Å²) >= 11 is 3.47. The number of aryl methyl sites for hydroxylation is 1. The summed E-state index contributed by atoms with van der Waals surface area (Å²) in [5.74, 6) is -0.504. The number of nitrogens with zero attached hydrogens (tertiary/aromatic N) is 2. The smallest absolute Gasteiger partial charge is 0.241 e. The van der Waals surface area contributed by atoms with E-state index in [0.717, 1.165) is 10.0 Å². The zero-order chi connectivity index (χ0) is 22.7. The number of hydrogen-bond donors (Lipinski definition) is 2. The van der Waals surface area contributed by atoms with Crippen molar-refractivity contribution in [3.63, 3.8) is 0 Å². The summed E-state index contributed by atoms with van der Waals surface area (Å²) in [6.07, 6.45) is 0.210. The molecule has 31 heavy (non-hydrogen) atoms. The van der Waals surface area contributed by atoms with E-state index in [0.29, 0.717) is 17.1 Å². The van der Waals surface area contributed by atoms with E-state index < -0.39 is 6.04 Å². The SMILES string of the molecule is Cc1ccc(NC(=O)[C@H](C)N(C)CC(=O)N2c3ccccc3NC(=O)C[C@H]2C)c(Br)c1. The van der Waals surface area contributed by atoms with E-state index in [1.54, 1.807) is 29.8 Å². The molecule has 0 bridgehead atoms. The first-order valence-electron chi connectivity index (χ1n) is 10.2. The largest absolute Gasteiger partial charge is 0.324 e. The molecule has 2 atom stereocenters. The van der Waals surface area contributed by atoms with Crippen LogP contribution >= 0.6 is 15.9 Å². The zero-order valence-electron chi connectivity index (χ0n) is 18.1. The lowest BCUT2D eigenvalue weighted by atomic mass is 10.1. The molecule has 0 spiro atoms. The number of hydrogen-bond acceptors (Lipinski definition) is 4. The van der Waals surface area contributed by atoms with E-state index in [1.807, 2.05) is 50.2 Å². The fraction of sp³-hybridized carbons (Fsp3) is 0.348. The monoisotopic (exact) mass is 486 g/mol. The minimum Gasteiger partial charge on any atom is -0.324 e. The van der Waals surface area contributed by atoms with E-state index in [1.165, 1.54) is 0 Å². The van der Waals surface area contributed by atoms with Gasteiger partial charge in [0, 0.05) is 16.9 Å². The van der Waals surface area contributed by atoms with Gasteiger partial charge in [-0.3, -0.25) is 19.3 Å². The Kier molecular flexibility index (Phi) is 7.12. The summed E-state index contributed by atoms with van der Waals surface area (Å²) in [6, 6.07) is 12.1. The van der Waals surface area contributed by atoms with Crippen molar-refractivity contribution in [3.8, 4) is 0 Å². The number of fused-ring (bicyclic) bond motifs is 1. The van der Waals surface area contributed by atoms with Crippen molar-refractivity contribution in [3.05, 3.63) is 52.5 Å². The summed E-state index contributed by atoms with van der Waals surface area (Å²) in [5, 5.41) is 5.76. The predicted molar refractivity (Wildman–Crippen MR) is 126 cm³/mol. The number of para-hydroxylation sites is 2. The van der Waals surface area contributed by atoms with E-state index in [-0.39, 0.29) is 36.7 Å². The number of rotatable bonds is 5. The van der Waals surface area contributed by atoms with Crippen LogP contribution in [0.15, 0.2) is 46.9 Å². The number of anilines is 3. The van der Waals surface area contributed by atoms with E-state index in [2.05, 4.69) is 26.6 Å². The number of benzene rings is 2. The summed E-state index contributed by atoms with van der Waals surface area (Å²) in [4.78, 5) is 41.5. The van der Waals surface area contributed by atoms with Gasteiger partial charge >= 0.3 is 0 Å². The van der Waals surface area contributed by atoms with Crippen LogP contribution in [0.25, 0.3) is 0 Å². The standard InChI is InChI=1S/C23H27BrN4O3/c1-14-9-10-18(17(24)11-14)26-23(31)16(3)27(4)13-22(30)28-15(2)12-21(29)25-19-7-5-6-8-20(19)28/h5-11,15-16H,12-13H2,1-4H3,(H,25,29)(H,26,31)/t15-,16+/m1/s1. The predicted octanol–water partition coefficient (Wildman–Crippen LogP) is 3.78. The molecule has 0 fully saturated rings. The maximum Gasteiger partial charge on any atom is 0.241 e. The van der Waals surface area contributed by atoms with Crippen molar-refractivity contribution in [2.45, 2.75) is 39.3 Å². The van der Waals surface area contributed by atoms with Crippen LogP contribution in [0, 0.1) is 6.92 Å². The molecule has 1 heterocycles.